The average molecular weight is 221 g/mol. The molecule has 0 atom stereocenters. The summed E-state index contributed by atoms with van der Waals surface area (Å²) >= 11 is 4.07. The van der Waals surface area contributed by atoms with Gasteiger partial charge < -0.3 is 10.1 Å². The number of rotatable bonds is 2. The summed E-state index contributed by atoms with van der Waals surface area (Å²) in [5, 5.41) is 10.8. The van der Waals surface area contributed by atoms with Crippen LogP contribution in [0.1, 0.15) is 0 Å². The van der Waals surface area contributed by atoms with Crippen molar-refractivity contribution in [3.63, 3.8) is 0 Å². The molecule has 0 amide bonds. The summed E-state index contributed by atoms with van der Waals surface area (Å²) in [4.78, 5) is 13.7. The molecule has 0 aliphatic heterocycles. The highest BCUT2D eigenvalue weighted by Crippen LogP contribution is 2.23. The highest BCUT2D eigenvalue weighted by Gasteiger charge is 2.18. The highest BCUT2D eigenvalue weighted by molar-refractivity contribution is 7.80. The van der Waals surface area contributed by atoms with E-state index in [1.165, 1.54) is 6.33 Å². The molecule has 0 saturated heterocycles. The molecule has 76 valence electrons. The predicted molar refractivity (Wildman–Crippen MR) is 57.5 cm³/mol. The summed E-state index contributed by atoms with van der Waals surface area (Å²) in [7, 11) is 0. The molecular formula is C9H7N3O2S. The van der Waals surface area contributed by atoms with Crippen molar-refractivity contribution in [3.05, 3.63) is 46.8 Å². The molecule has 0 aliphatic rings. The van der Waals surface area contributed by atoms with Gasteiger partial charge in [-0.1, -0.05) is 18.2 Å². The van der Waals surface area contributed by atoms with Gasteiger partial charge in [0.1, 0.15) is 0 Å². The lowest BCUT2D eigenvalue weighted by atomic mass is 10.3. The van der Waals surface area contributed by atoms with E-state index in [-0.39, 0.29) is 10.8 Å². The lowest BCUT2D eigenvalue weighted by Gasteiger charge is -2.01. The lowest BCUT2D eigenvalue weighted by Crippen LogP contribution is -1.93. The fourth-order valence-electron chi connectivity index (χ4n) is 1.24. The molecule has 15 heavy (non-hydrogen) atoms. The van der Waals surface area contributed by atoms with Gasteiger partial charge in [-0.2, -0.15) is 0 Å². The van der Waals surface area contributed by atoms with Crippen molar-refractivity contribution in [2.24, 2.45) is 0 Å². The Morgan fingerprint density at radius 2 is 2.00 bits per heavy atom. The van der Waals surface area contributed by atoms with Crippen molar-refractivity contribution in [1.82, 2.24) is 9.55 Å². The molecule has 0 bridgehead atoms. The molecule has 5 nitrogen and oxygen atoms in total. The zero-order chi connectivity index (χ0) is 10.8. The lowest BCUT2D eigenvalue weighted by molar-refractivity contribution is -0.392. The minimum Gasteiger partial charge on any atom is -0.358 e. The van der Waals surface area contributed by atoms with Crippen LogP contribution in [0.5, 0.6) is 0 Å². The third kappa shape index (κ3) is 1.71. The second-order valence-electron chi connectivity index (χ2n) is 2.85. The van der Waals surface area contributed by atoms with Crippen LogP contribution in [-0.2, 0) is 0 Å². The molecule has 0 aliphatic carbocycles. The van der Waals surface area contributed by atoms with Crippen LogP contribution in [0.2, 0.25) is 0 Å². The summed E-state index contributed by atoms with van der Waals surface area (Å²) in [6.07, 6.45) is 1.38. The van der Waals surface area contributed by atoms with E-state index >= 15 is 0 Å². The summed E-state index contributed by atoms with van der Waals surface area (Å²) in [6.45, 7) is 0. The number of hydrogen-bond acceptors (Lipinski definition) is 4. The van der Waals surface area contributed by atoms with Crippen LogP contribution in [0.25, 0.3) is 5.69 Å². The van der Waals surface area contributed by atoms with Crippen molar-refractivity contribution in [2.45, 2.75) is 5.03 Å². The first kappa shape index (κ1) is 9.72. The Balaban J connectivity index is 2.52. The Morgan fingerprint density at radius 1 is 1.33 bits per heavy atom. The van der Waals surface area contributed by atoms with Gasteiger partial charge in [0.2, 0.25) is 6.33 Å². The number of imidazole rings is 1. The van der Waals surface area contributed by atoms with Gasteiger partial charge in [0, 0.05) is 5.69 Å². The number of thiol groups is 1. The summed E-state index contributed by atoms with van der Waals surface area (Å²) < 4.78 is 1.56. The second-order valence-corrected chi connectivity index (χ2v) is 3.28. The van der Waals surface area contributed by atoms with Crippen molar-refractivity contribution < 1.29 is 4.92 Å². The van der Waals surface area contributed by atoms with Gasteiger partial charge in [0.15, 0.2) is 5.03 Å². The molecule has 2 aromatic rings. The summed E-state index contributed by atoms with van der Waals surface area (Å²) in [6, 6.07) is 9.20. The van der Waals surface area contributed by atoms with Crippen LogP contribution in [-0.4, -0.2) is 14.5 Å². The van der Waals surface area contributed by atoms with E-state index in [1.807, 2.05) is 30.3 Å². The van der Waals surface area contributed by atoms with Gasteiger partial charge in [-0.3, -0.25) is 4.57 Å². The zero-order valence-electron chi connectivity index (χ0n) is 7.57. The van der Waals surface area contributed by atoms with E-state index in [9.17, 15) is 10.1 Å². The molecule has 2 rings (SSSR count). The minimum atomic E-state index is -0.554. The van der Waals surface area contributed by atoms with Crippen LogP contribution in [0.4, 0.5) is 5.82 Å². The highest BCUT2D eigenvalue weighted by atomic mass is 32.1. The van der Waals surface area contributed by atoms with Crippen molar-refractivity contribution in [1.29, 1.82) is 0 Å². The molecule has 0 radical (unpaired) electrons. The Morgan fingerprint density at radius 3 is 2.53 bits per heavy atom. The van der Waals surface area contributed by atoms with Gasteiger partial charge in [-0.25, -0.2) is 0 Å². The Labute approximate surface area is 90.9 Å². The molecule has 0 saturated carbocycles. The van der Waals surface area contributed by atoms with Crippen LogP contribution < -0.4 is 0 Å². The molecule has 1 heterocycles. The Bertz CT molecular complexity index is 495. The summed E-state index contributed by atoms with van der Waals surface area (Å²) in [5.41, 5.74) is 0.795. The van der Waals surface area contributed by atoms with Crippen LogP contribution in [0.3, 0.4) is 0 Å². The molecule has 0 fully saturated rings. The maximum atomic E-state index is 10.5. The molecule has 6 heteroatoms. The third-order valence-corrected chi connectivity index (χ3v) is 2.35. The molecule has 1 aromatic heterocycles. The van der Waals surface area contributed by atoms with Crippen molar-refractivity contribution in [2.75, 3.05) is 0 Å². The quantitative estimate of drug-likeness (QED) is 0.479. The SMILES string of the molecule is O=[N+]([O-])c1ncn(-c2ccccc2)c1S. The number of nitro groups is 1. The monoisotopic (exact) mass is 221 g/mol. The molecular weight excluding hydrogens is 214 g/mol. The fourth-order valence-corrected chi connectivity index (χ4v) is 1.55. The molecule has 0 spiro atoms. The number of para-hydroxylation sites is 1. The van der Waals surface area contributed by atoms with Crippen molar-refractivity contribution >= 4 is 18.4 Å². The largest absolute Gasteiger partial charge is 0.396 e. The average Bonchev–Trinajstić information content (AvgIpc) is 2.61. The zero-order valence-corrected chi connectivity index (χ0v) is 8.46. The smallest absolute Gasteiger partial charge is 0.358 e. The Kier molecular flexibility index (Phi) is 2.42. The van der Waals surface area contributed by atoms with E-state index in [2.05, 4.69) is 17.6 Å². The molecule has 0 N–H and O–H groups in total. The standard InChI is InChI=1S/C9H7N3O2S/c13-12(14)8-9(15)11(6-10-8)7-4-2-1-3-5-7/h1-6,15H. The van der Waals surface area contributed by atoms with Gasteiger partial charge in [-0.05, 0) is 22.0 Å². The van der Waals surface area contributed by atoms with Crippen LogP contribution in [0, 0.1) is 10.1 Å². The maximum absolute atomic E-state index is 10.5. The first-order valence-corrected chi connectivity index (χ1v) is 4.61. The number of nitrogens with zero attached hydrogens (tertiary/aromatic N) is 3. The predicted octanol–water partition coefficient (Wildman–Crippen LogP) is 2.07. The fraction of sp³-hybridized carbons (Fsp3) is 0. The topological polar surface area (TPSA) is 61.0 Å². The molecule has 0 unspecified atom stereocenters. The number of benzene rings is 1. The normalized spacial score (nSPS) is 10.2. The van der Waals surface area contributed by atoms with Gasteiger partial charge in [0.25, 0.3) is 0 Å². The van der Waals surface area contributed by atoms with Gasteiger partial charge >= 0.3 is 5.82 Å². The number of aromatic nitrogens is 2. The number of hydrogen-bond donors (Lipinski definition) is 1. The first-order chi connectivity index (χ1) is 7.20. The van der Waals surface area contributed by atoms with Crippen molar-refractivity contribution in [3.8, 4) is 5.69 Å². The second kappa shape index (κ2) is 3.74. The minimum absolute atomic E-state index is 0.228. The van der Waals surface area contributed by atoms with E-state index in [4.69, 9.17) is 0 Å². The van der Waals surface area contributed by atoms with E-state index in [1.54, 1.807) is 4.57 Å². The summed E-state index contributed by atoms with van der Waals surface area (Å²) in [5.74, 6) is -0.234. The van der Waals surface area contributed by atoms with Gasteiger partial charge in [-0.15, -0.1) is 12.6 Å². The third-order valence-electron chi connectivity index (χ3n) is 1.93. The van der Waals surface area contributed by atoms with Crippen LogP contribution in [0.15, 0.2) is 41.7 Å². The first-order valence-electron chi connectivity index (χ1n) is 4.16. The van der Waals surface area contributed by atoms with Crippen LogP contribution >= 0.6 is 12.6 Å². The Hall–Kier alpha value is -1.82. The maximum Gasteiger partial charge on any atom is 0.396 e. The van der Waals surface area contributed by atoms with E-state index < -0.39 is 4.92 Å². The van der Waals surface area contributed by atoms with E-state index in [0.717, 1.165) is 5.69 Å². The van der Waals surface area contributed by atoms with E-state index in [0.29, 0.717) is 0 Å². The molecule has 1 aromatic carbocycles. The van der Waals surface area contributed by atoms with Gasteiger partial charge in [0.05, 0.1) is 0 Å².